The molecule has 0 saturated carbocycles. The Morgan fingerprint density at radius 2 is 1.95 bits per heavy atom. The Morgan fingerprint density at radius 3 is 2.68 bits per heavy atom. The number of nitro groups is 1. The van der Waals surface area contributed by atoms with Crippen LogP contribution in [-0.2, 0) is 0 Å². The highest BCUT2D eigenvalue weighted by Crippen LogP contribution is 2.31. The molecular formula is C16H11NO5. The minimum Gasteiger partial charge on any atom is -0.502 e. The number of nitro benzene ring substituents is 1. The highest BCUT2D eigenvalue weighted by molar-refractivity contribution is 5.82. The molecule has 3 aromatic rings. The highest BCUT2D eigenvalue weighted by Gasteiger charge is 2.17. The zero-order valence-electron chi connectivity index (χ0n) is 11.6. The summed E-state index contributed by atoms with van der Waals surface area (Å²) in [7, 11) is 0. The lowest BCUT2D eigenvalue weighted by Crippen LogP contribution is -2.03. The average Bonchev–Trinajstić information content (AvgIpc) is 2.51. The molecule has 1 heterocycles. The van der Waals surface area contributed by atoms with Crippen molar-refractivity contribution in [3.8, 4) is 17.1 Å². The minimum atomic E-state index is -0.563. The molecule has 0 amide bonds. The Balaban J connectivity index is 2.30. The van der Waals surface area contributed by atoms with Crippen LogP contribution in [0, 0.1) is 17.0 Å². The third kappa shape index (κ3) is 2.20. The van der Waals surface area contributed by atoms with Crippen molar-refractivity contribution >= 4 is 16.7 Å². The van der Waals surface area contributed by atoms with Crippen LogP contribution in [0.25, 0.3) is 22.3 Å². The van der Waals surface area contributed by atoms with Gasteiger partial charge in [-0.2, -0.15) is 0 Å². The summed E-state index contributed by atoms with van der Waals surface area (Å²) in [6, 6.07) is 10.6. The first-order valence-corrected chi connectivity index (χ1v) is 6.48. The maximum Gasteiger partial charge on any atom is 0.270 e. The van der Waals surface area contributed by atoms with Crippen molar-refractivity contribution in [1.29, 1.82) is 0 Å². The van der Waals surface area contributed by atoms with Gasteiger partial charge in [-0.1, -0.05) is 23.8 Å². The summed E-state index contributed by atoms with van der Waals surface area (Å²) >= 11 is 0. The van der Waals surface area contributed by atoms with E-state index in [0.717, 1.165) is 5.56 Å². The van der Waals surface area contributed by atoms with E-state index < -0.39 is 16.1 Å². The van der Waals surface area contributed by atoms with Gasteiger partial charge in [0.25, 0.3) is 5.69 Å². The van der Waals surface area contributed by atoms with Gasteiger partial charge in [0.15, 0.2) is 5.76 Å². The lowest BCUT2D eigenvalue weighted by Gasteiger charge is -2.06. The van der Waals surface area contributed by atoms with Crippen LogP contribution in [0.3, 0.4) is 0 Å². The van der Waals surface area contributed by atoms with Crippen molar-refractivity contribution in [1.82, 2.24) is 0 Å². The van der Waals surface area contributed by atoms with Crippen LogP contribution in [0.4, 0.5) is 5.69 Å². The van der Waals surface area contributed by atoms with Crippen LogP contribution in [0.15, 0.2) is 51.7 Å². The number of hydrogen-bond acceptors (Lipinski definition) is 5. The molecule has 0 saturated heterocycles. The fraction of sp³-hybridized carbons (Fsp3) is 0.0625. The summed E-state index contributed by atoms with van der Waals surface area (Å²) in [4.78, 5) is 22.5. The SMILES string of the molecule is Cc1ccc2oc(-c3cccc([N+](=O)[O-])c3)c(O)c(=O)c2c1. The number of fused-ring (bicyclic) bond motifs is 1. The van der Waals surface area contributed by atoms with Gasteiger partial charge in [0.1, 0.15) is 5.58 Å². The maximum absolute atomic E-state index is 12.2. The normalized spacial score (nSPS) is 10.8. The summed E-state index contributed by atoms with van der Waals surface area (Å²) < 4.78 is 5.58. The van der Waals surface area contributed by atoms with E-state index in [9.17, 15) is 20.0 Å². The summed E-state index contributed by atoms with van der Waals surface area (Å²) in [6.45, 7) is 1.82. The van der Waals surface area contributed by atoms with Gasteiger partial charge < -0.3 is 9.52 Å². The van der Waals surface area contributed by atoms with Gasteiger partial charge >= 0.3 is 0 Å². The second kappa shape index (κ2) is 5.00. The molecule has 1 aromatic heterocycles. The van der Waals surface area contributed by atoms with Crippen LogP contribution in [0.1, 0.15) is 5.56 Å². The molecule has 0 unspecified atom stereocenters. The van der Waals surface area contributed by atoms with Crippen LogP contribution in [-0.4, -0.2) is 10.0 Å². The molecule has 0 spiro atoms. The summed E-state index contributed by atoms with van der Waals surface area (Å²) in [5.74, 6) is -0.636. The van der Waals surface area contributed by atoms with E-state index in [-0.39, 0.29) is 22.4 Å². The number of hydrogen-bond donors (Lipinski definition) is 1. The summed E-state index contributed by atoms with van der Waals surface area (Å²) in [5, 5.41) is 21.2. The van der Waals surface area contributed by atoms with E-state index in [1.165, 1.54) is 24.3 Å². The van der Waals surface area contributed by atoms with Gasteiger partial charge in [-0.15, -0.1) is 0 Å². The van der Waals surface area contributed by atoms with Gasteiger partial charge in [-0.25, -0.2) is 0 Å². The molecule has 0 fully saturated rings. The second-order valence-electron chi connectivity index (χ2n) is 4.92. The molecule has 2 aromatic carbocycles. The van der Waals surface area contributed by atoms with Crippen LogP contribution >= 0.6 is 0 Å². The van der Waals surface area contributed by atoms with E-state index in [4.69, 9.17) is 4.42 Å². The molecule has 0 aliphatic heterocycles. The number of aryl methyl sites for hydroxylation is 1. The predicted molar refractivity (Wildman–Crippen MR) is 81.0 cm³/mol. The van der Waals surface area contributed by atoms with Crippen LogP contribution in [0.5, 0.6) is 5.75 Å². The molecular weight excluding hydrogens is 286 g/mol. The van der Waals surface area contributed by atoms with Gasteiger partial charge in [0, 0.05) is 17.7 Å². The molecule has 110 valence electrons. The Labute approximate surface area is 124 Å². The Bertz CT molecular complexity index is 958. The first-order chi connectivity index (χ1) is 10.5. The van der Waals surface area contributed by atoms with Gasteiger partial charge in [0.2, 0.25) is 11.2 Å². The summed E-state index contributed by atoms with van der Waals surface area (Å²) in [5.41, 5.74) is 0.735. The Morgan fingerprint density at radius 1 is 1.18 bits per heavy atom. The number of benzene rings is 2. The van der Waals surface area contributed by atoms with Crippen molar-refractivity contribution in [2.24, 2.45) is 0 Å². The molecule has 3 rings (SSSR count). The molecule has 1 N–H and O–H groups in total. The average molecular weight is 297 g/mol. The van der Waals surface area contributed by atoms with Gasteiger partial charge in [-0.3, -0.25) is 14.9 Å². The van der Waals surface area contributed by atoms with Crippen molar-refractivity contribution < 1.29 is 14.4 Å². The molecule has 6 nitrogen and oxygen atoms in total. The number of aromatic hydroxyl groups is 1. The largest absolute Gasteiger partial charge is 0.502 e. The van der Waals surface area contributed by atoms with Crippen LogP contribution < -0.4 is 5.43 Å². The van der Waals surface area contributed by atoms with E-state index >= 15 is 0 Å². The molecule has 0 bridgehead atoms. The second-order valence-corrected chi connectivity index (χ2v) is 4.92. The van der Waals surface area contributed by atoms with Crippen molar-refractivity contribution in [3.05, 3.63) is 68.4 Å². The van der Waals surface area contributed by atoms with E-state index in [1.54, 1.807) is 18.2 Å². The molecule has 0 atom stereocenters. The maximum atomic E-state index is 12.2. The minimum absolute atomic E-state index is 0.0787. The third-order valence-corrected chi connectivity index (χ3v) is 3.34. The number of rotatable bonds is 2. The smallest absolute Gasteiger partial charge is 0.270 e. The first-order valence-electron chi connectivity index (χ1n) is 6.48. The fourth-order valence-electron chi connectivity index (χ4n) is 2.26. The fourth-order valence-corrected chi connectivity index (χ4v) is 2.26. The molecule has 6 heteroatoms. The van der Waals surface area contributed by atoms with Gasteiger partial charge in [0.05, 0.1) is 10.3 Å². The quantitative estimate of drug-likeness (QED) is 0.578. The predicted octanol–water partition coefficient (Wildman–Crippen LogP) is 3.38. The van der Waals surface area contributed by atoms with Crippen molar-refractivity contribution in [2.75, 3.05) is 0 Å². The molecule has 0 aliphatic carbocycles. The topological polar surface area (TPSA) is 93.6 Å². The lowest BCUT2D eigenvalue weighted by molar-refractivity contribution is -0.384. The monoisotopic (exact) mass is 297 g/mol. The Kier molecular flexibility index (Phi) is 3.14. The van der Waals surface area contributed by atoms with Crippen molar-refractivity contribution in [3.63, 3.8) is 0 Å². The molecule has 0 aliphatic rings. The molecule has 0 radical (unpaired) electrons. The lowest BCUT2D eigenvalue weighted by atomic mass is 10.1. The number of non-ortho nitro benzene ring substituents is 1. The van der Waals surface area contributed by atoms with E-state index in [1.807, 2.05) is 6.92 Å². The Hall–Kier alpha value is -3.15. The number of nitrogens with zero attached hydrogens (tertiary/aromatic N) is 1. The third-order valence-electron chi connectivity index (χ3n) is 3.34. The molecule has 22 heavy (non-hydrogen) atoms. The van der Waals surface area contributed by atoms with Crippen LogP contribution in [0.2, 0.25) is 0 Å². The van der Waals surface area contributed by atoms with Gasteiger partial charge in [-0.05, 0) is 19.1 Å². The zero-order chi connectivity index (χ0) is 15.9. The van der Waals surface area contributed by atoms with E-state index in [2.05, 4.69) is 0 Å². The highest BCUT2D eigenvalue weighted by atomic mass is 16.6. The first kappa shape index (κ1) is 13.8. The standard InChI is InChI=1S/C16H11NO5/c1-9-5-6-13-12(7-9)14(18)15(19)16(22-13)10-3-2-4-11(8-10)17(20)21/h2-8,19H,1H3. The zero-order valence-corrected chi connectivity index (χ0v) is 11.6. The summed E-state index contributed by atoms with van der Waals surface area (Å²) in [6.07, 6.45) is 0. The van der Waals surface area contributed by atoms with E-state index in [0.29, 0.717) is 5.58 Å². The van der Waals surface area contributed by atoms with Crippen molar-refractivity contribution in [2.45, 2.75) is 6.92 Å².